The second-order valence-corrected chi connectivity index (χ2v) is 6.24. The Balaban J connectivity index is 1.85. The van der Waals surface area contributed by atoms with Gasteiger partial charge in [0, 0.05) is 16.7 Å². The molecule has 0 amide bonds. The van der Waals surface area contributed by atoms with Gasteiger partial charge >= 0.3 is 0 Å². The molecule has 1 saturated carbocycles. The number of aliphatic hydroxyl groups excluding tert-OH is 1. The molecule has 2 aliphatic rings. The first kappa shape index (κ1) is 13.4. The predicted molar refractivity (Wildman–Crippen MR) is 79.4 cm³/mol. The Morgan fingerprint density at radius 2 is 2.16 bits per heavy atom. The average molecular weight is 326 g/mol. The van der Waals surface area contributed by atoms with Crippen molar-refractivity contribution in [2.75, 3.05) is 18.1 Å². The third-order valence-corrected chi connectivity index (χ3v) is 5.01. The Kier molecular flexibility index (Phi) is 4.10. The molecule has 1 aromatic carbocycles. The Hall–Kier alpha value is -0.580. The Morgan fingerprint density at radius 3 is 2.95 bits per heavy atom. The van der Waals surface area contributed by atoms with E-state index in [9.17, 15) is 5.11 Å². The zero-order valence-electron chi connectivity index (χ0n) is 11.0. The zero-order chi connectivity index (χ0) is 13.2. The summed E-state index contributed by atoms with van der Waals surface area (Å²) in [5, 5.41) is 9.24. The highest BCUT2D eigenvalue weighted by molar-refractivity contribution is 9.10. The molecular formula is C15H20BrNO2. The molecule has 19 heavy (non-hydrogen) atoms. The summed E-state index contributed by atoms with van der Waals surface area (Å²) in [5.41, 5.74) is 2.18. The van der Waals surface area contributed by atoms with Crippen LogP contribution in [0.4, 0.5) is 5.69 Å². The highest BCUT2D eigenvalue weighted by atomic mass is 79.9. The minimum absolute atomic E-state index is 0.0794. The fraction of sp³-hybridized carbons (Fsp3) is 0.600. The van der Waals surface area contributed by atoms with Crippen LogP contribution in [0.3, 0.4) is 0 Å². The fourth-order valence-electron chi connectivity index (χ4n) is 3.26. The van der Waals surface area contributed by atoms with E-state index in [0.29, 0.717) is 12.1 Å². The summed E-state index contributed by atoms with van der Waals surface area (Å²) >= 11 is 3.54. The molecule has 0 bridgehead atoms. The lowest BCUT2D eigenvalue weighted by Gasteiger charge is -2.45. The summed E-state index contributed by atoms with van der Waals surface area (Å²) in [4.78, 5) is 2.49. The maximum absolute atomic E-state index is 9.24. The molecule has 0 spiro atoms. The van der Waals surface area contributed by atoms with E-state index < -0.39 is 0 Å². The minimum atomic E-state index is 0.0794. The van der Waals surface area contributed by atoms with Gasteiger partial charge in [-0.2, -0.15) is 0 Å². The lowest BCUT2D eigenvalue weighted by atomic mass is 9.90. The van der Waals surface area contributed by atoms with Crippen molar-refractivity contribution in [2.24, 2.45) is 0 Å². The summed E-state index contributed by atoms with van der Waals surface area (Å²) < 4.78 is 6.91. The summed E-state index contributed by atoms with van der Waals surface area (Å²) in [7, 11) is 0. The summed E-state index contributed by atoms with van der Waals surface area (Å²) in [6.45, 7) is 1.86. The monoisotopic (exact) mass is 325 g/mol. The topological polar surface area (TPSA) is 32.7 Å². The molecule has 3 rings (SSSR count). The number of rotatable bonds is 2. The van der Waals surface area contributed by atoms with Crippen LogP contribution in [-0.2, 0) is 11.3 Å². The number of morpholine rings is 1. The van der Waals surface area contributed by atoms with Crippen molar-refractivity contribution in [2.45, 2.75) is 44.4 Å². The molecule has 1 N–H and O–H groups in total. The molecule has 104 valence electrons. The zero-order valence-corrected chi connectivity index (χ0v) is 12.6. The van der Waals surface area contributed by atoms with Crippen LogP contribution in [0.1, 0.15) is 31.2 Å². The number of fused-ring (bicyclic) bond motifs is 1. The Bertz CT molecular complexity index is 450. The molecule has 4 heteroatoms. The number of anilines is 1. The van der Waals surface area contributed by atoms with Gasteiger partial charge in [0.2, 0.25) is 0 Å². The maximum Gasteiger partial charge on any atom is 0.0779 e. The van der Waals surface area contributed by atoms with Gasteiger partial charge in [-0.25, -0.2) is 0 Å². The molecular weight excluding hydrogens is 306 g/mol. The second-order valence-electron chi connectivity index (χ2n) is 5.39. The normalized spacial score (nSPS) is 27.2. The van der Waals surface area contributed by atoms with Crippen LogP contribution in [0.15, 0.2) is 22.7 Å². The number of ether oxygens (including phenoxy) is 1. The first-order valence-electron chi connectivity index (χ1n) is 7.07. The molecule has 1 aliphatic heterocycles. The van der Waals surface area contributed by atoms with Gasteiger partial charge in [-0.1, -0.05) is 34.8 Å². The van der Waals surface area contributed by atoms with Crippen molar-refractivity contribution in [3.63, 3.8) is 0 Å². The van der Waals surface area contributed by atoms with Crippen LogP contribution in [0.5, 0.6) is 0 Å². The molecule has 3 nitrogen and oxygen atoms in total. The van der Waals surface area contributed by atoms with Gasteiger partial charge in [0.25, 0.3) is 0 Å². The van der Waals surface area contributed by atoms with Gasteiger partial charge < -0.3 is 14.7 Å². The number of nitrogens with zero attached hydrogens (tertiary/aromatic N) is 1. The Labute approximate surface area is 122 Å². The standard InChI is InChI=1S/C15H20BrNO2/c16-13-9-12(6-5-11(13)10-18)17-7-8-19-15-4-2-1-3-14(15)17/h5-6,9,14-15,18H,1-4,7-8,10H2. The predicted octanol–water partition coefficient (Wildman–Crippen LogP) is 3.09. The van der Waals surface area contributed by atoms with E-state index in [1.54, 1.807) is 0 Å². The SMILES string of the molecule is OCc1ccc(N2CCOC3CCCCC32)cc1Br. The summed E-state index contributed by atoms with van der Waals surface area (Å²) in [6.07, 6.45) is 5.42. The number of halogens is 1. The number of hydrogen-bond donors (Lipinski definition) is 1. The molecule has 2 atom stereocenters. The molecule has 2 unspecified atom stereocenters. The van der Waals surface area contributed by atoms with Crippen LogP contribution in [0.25, 0.3) is 0 Å². The van der Waals surface area contributed by atoms with Gasteiger partial charge in [0.15, 0.2) is 0 Å². The van der Waals surface area contributed by atoms with E-state index in [0.717, 1.165) is 23.2 Å². The summed E-state index contributed by atoms with van der Waals surface area (Å²) in [5.74, 6) is 0. The molecule has 0 radical (unpaired) electrons. The largest absolute Gasteiger partial charge is 0.392 e. The number of aliphatic hydroxyl groups is 1. The van der Waals surface area contributed by atoms with Gasteiger partial charge in [-0.3, -0.25) is 0 Å². The Morgan fingerprint density at radius 1 is 1.32 bits per heavy atom. The molecule has 0 aromatic heterocycles. The average Bonchev–Trinajstić information content (AvgIpc) is 2.46. The van der Waals surface area contributed by atoms with Gasteiger partial charge in [0.05, 0.1) is 25.4 Å². The highest BCUT2D eigenvalue weighted by Crippen LogP contribution is 2.33. The van der Waals surface area contributed by atoms with Gasteiger partial charge in [-0.15, -0.1) is 0 Å². The number of hydrogen-bond acceptors (Lipinski definition) is 3. The van der Waals surface area contributed by atoms with Crippen LogP contribution < -0.4 is 4.90 Å². The van der Waals surface area contributed by atoms with Crippen molar-refractivity contribution < 1.29 is 9.84 Å². The van der Waals surface area contributed by atoms with E-state index in [4.69, 9.17) is 4.74 Å². The molecule has 1 heterocycles. The van der Waals surface area contributed by atoms with Crippen LogP contribution in [0, 0.1) is 0 Å². The van der Waals surface area contributed by atoms with Crippen LogP contribution >= 0.6 is 15.9 Å². The van der Waals surface area contributed by atoms with Crippen molar-refractivity contribution in [1.82, 2.24) is 0 Å². The maximum atomic E-state index is 9.24. The lowest BCUT2D eigenvalue weighted by molar-refractivity contribution is -0.00868. The number of benzene rings is 1. The van der Waals surface area contributed by atoms with Crippen molar-refractivity contribution >= 4 is 21.6 Å². The van der Waals surface area contributed by atoms with E-state index in [1.807, 2.05) is 6.07 Å². The highest BCUT2D eigenvalue weighted by Gasteiger charge is 2.34. The van der Waals surface area contributed by atoms with Crippen LogP contribution in [-0.4, -0.2) is 30.4 Å². The van der Waals surface area contributed by atoms with E-state index >= 15 is 0 Å². The molecule has 1 aromatic rings. The lowest BCUT2D eigenvalue weighted by Crippen LogP contribution is -2.52. The van der Waals surface area contributed by atoms with Crippen molar-refractivity contribution in [1.29, 1.82) is 0 Å². The third kappa shape index (κ3) is 2.67. The molecule has 1 aliphatic carbocycles. The van der Waals surface area contributed by atoms with E-state index in [-0.39, 0.29) is 6.61 Å². The van der Waals surface area contributed by atoms with E-state index in [2.05, 4.69) is 33.0 Å². The quantitative estimate of drug-likeness (QED) is 0.907. The van der Waals surface area contributed by atoms with Crippen molar-refractivity contribution in [3.05, 3.63) is 28.2 Å². The first-order chi connectivity index (χ1) is 9.29. The first-order valence-corrected chi connectivity index (χ1v) is 7.86. The second kappa shape index (κ2) is 5.81. The van der Waals surface area contributed by atoms with Gasteiger partial charge in [-0.05, 0) is 30.5 Å². The third-order valence-electron chi connectivity index (χ3n) is 4.27. The fourth-order valence-corrected chi connectivity index (χ4v) is 3.75. The molecule has 2 fully saturated rings. The van der Waals surface area contributed by atoms with E-state index in [1.165, 1.54) is 31.4 Å². The minimum Gasteiger partial charge on any atom is -0.392 e. The summed E-state index contributed by atoms with van der Waals surface area (Å²) in [6, 6.07) is 6.78. The van der Waals surface area contributed by atoms with Gasteiger partial charge in [0.1, 0.15) is 0 Å². The van der Waals surface area contributed by atoms with Crippen LogP contribution in [0.2, 0.25) is 0 Å². The molecule has 1 saturated heterocycles. The smallest absolute Gasteiger partial charge is 0.0779 e. The van der Waals surface area contributed by atoms with Crippen molar-refractivity contribution in [3.8, 4) is 0 Å².